The lowest BCUT2D eigenvalue weighted by molar-refractivity contribution is -0.172. The Hall–Kier alpha value is -3.80. The quantitative estimate of drug-likeness (QED) is 0.326. The van der Waals surface area contributed by atoms with Crippen molar-refractivity contribution in [3.8, 4) is 17.1 Å². The van der Waals surface area contributed by atoms with Crippen LogP contribution in [0.2, 0.25) is 0 Å². The van der Waals surface area contributed by atoms with E-state index in [4.69, 9.17) is 14.5 Å². The van der Waals surface area contributed by atoms with E-state index in [1.165, 1.54) is 0 Å². The number of cyclic esters (lactones) is 1. The monoisotopic (exact) mass is 589 g/mol. The number of rotatable bonds is 6. The van der Waals surface area contributed by atoms with Crippen molar-refractivity contribution >= 4 is 23.0 Å². The Labute approximate surface area is 250 Å². The van der Waals surface area contributed by atoms with Crippen LogP contribution in [0.3, 0.4) is 0 Å². The molecule has 0 saturated carbocycles. The van der Waals surface area contributed by atoms with Crippen molar-refractivity contribution in [2.24, 2.45) is 0 Å². The number of piperazine rings is 1. The molecule has 0 unspecified atom stereocenters. The highest BCUT2D eigenvalue weighted by Gasteiger charge is 2.45. The molecule has 11 heteroatoms. The molecule has 1 fully saturated rings. The molecule has 11 nitrogen and oxygen atoms in total. The average Bonchev–Trinajstić information content (AvgIpc) is 3.33. The smallest absolute Gasteiger partial charge is 0.415 e. The van der Waals surface area contributed by atoms with Crippen LogP contribution in [0.5, 0.6) is 5.75 Å². The van der Waals surface area contributed by atoms with Gasteiger partial charge < -0.3 is 29.4 Å². The molecule has 228 valence electrons. The highest BCUT2D eigenvalue weighted by Crippen LogP contribution is 2.40. The van der Waals surface area contributed by atoms with Gasteiger partial charge in [-0.2, -0.15) is 0 Å². The predicted octanol–water partition coefficient (Wildman–Crippen LogP) is 3.10. The molecule has 1 saturated heterocycles. The van der Waals surface area contributed by atoms with Gasteiger partial charge in [-0.3, -0.25) is 9.69 Å². The Kier molecular flexibility index (Phi) is 7.52. The van der Waals surface area contributed by atoms with Gasteiger partial charge >= 0.3 is 12.1 Å². The number of hydrogen-bond acceptors (Lipinski definition) is 9. The van der Waals surface area contributed by atoms with Crippen LogP contribution in [0.1, 0.15) is 63.3 Å². The summed E-state index contributed by atoms with van der Waals surface area (Å²) in [7, 11) is 0. The van der Waals surface area contributed by atoms with E-state index in [9.17, 15) is 19.5 Å². The molecule has 0 bridgehead atoms. The van der Waals surface area contributed by atoms with E-state index in [0.717, 1.165) is 42.7 Å². The van der Waals surface area contributed by atoms with Crippen molar-refractivity contribution in [2.75, 3.05) is 26.2 Å². The molecule has 0 aliphatic carbocycles. The predicted molar refractivity (Wildman–Crippen MR) is 161 cm³/mol. The number of carbonyl (C=O) groups excluding carboxylic acids is 2. The first-order chi connectivity index (χ1) is 20.5. The largest absolute Gasteiger partial charge is 0.458 e. The molecule has 1 amide bonds. The zero-order chi connectivity index (χ0) is 30.6. The molecule has 0 spiro atoms. The number of ether oxygens (including phenoxy) is 2. The summed E-state index contributed by atoms with van der Waals surface area (Å²) >= 11 is 0. The average molecular weight is 590 g/mol. The zero-order valence-electron chi connectivity index (χ0n) is 25.4. The van der Waals surface area contributed by atoms with Gasteiger partial charge in [0.1, 0.15) is 12.4 Å². The third-order valence-corrected chi connectivity index (χ3v) is 8.87. The number of fused-ring (bicyclic) bond motifs is 5. The molecular formula is C32H39N5O6. The number of pyridine rings is 2. The van der Waals surface area contributed by atoms with E-state index in [-0.39, 0.29) is 30.7 Å². The number of aromatic nitrogens is 2. The van der Waals surface area contributed by atoms with Crippen LogP contribution in [0.15, 0.2) is 29.1 Å². The number of benzene rings is 1. The number of hydrogen-bond donors (Lipinski definition) is 2. The first-order valence-corrected chi connectivity index (χ1v) is 15.1. The summed E-state index contributed by atoms with van der Waals surface area (Å²) in [6.07, 6.45) is -0.313. The minimum absolute atomic E-state index is 0.0248. The number of aliphatic hydroxyl groups is 1. The van der Waals surface area contributed by atoms with Crippen molar-refractivity contribution in [1.82, 2.24) is 24.7 Å². The Morgan fingerprint density at radius 2 is 1.88 bits per heavy atom. The molecule has 5 heterocycles. The Morgan fingerprint density at radius 1 is 1.16 bits per heavy atom. The molecule has 0 radical (unpaired) electrons. The van der Waals surface area contributed by atoms with Crippen LogP contribution < -0.4 is 15.6 Å². The molecule has 3 aliphatic rings. The Balaban J connectivity index is 1.47. The molecule has 2 aromatic heterocycles. The zero-order valence-corrected chi connectivity index (χ0v) is 25.4. The lowest BCUT2D eigenvalue weighted by atomic mass is 9.86. The summed E-state index contributed by atoms with van der Waals surface area (Å²) in [5.74, 6) is -0.249. The highest BCUT2D eigenvalue weighted by molar-refractivity contribution is 5.90. The van der Waals surface area contributed by atoms with Gasteiger partial charge in [-0.1, -0.05) is 6.92 Å². The summed E-state index contributed by atoms with van der Waals surface area (Å²) in [6.45, 7) is 13.7. The fourth-order valence-corrected chi connectivity index (χ4v) is 6.61. The molecule has 6 rings (SSSR count). The van der Waals surface area contributed by atoms with Gasteiger partial charge in [0.25, 0.3) is 5.56 Å². The van der Waals surface area contributed by atoms with Crippen molar-refractivity contribution in [2.45, 2.75) is 78.4 Å². The number of nitrogens with zero attached hydrogens (tertiary/aromatic N) is 4. The summed E-state index contributed by atoms with van der Waals surface area (Å²) in [5, 5.41) is 15.4. The fourth-order valence-electron chi connectivity index (χ4n) is 6.61. The fraction of sp³-hybridized carbons (Fsp3) is 0.500. The van der Waals surface area contributed by atoms with E-state index in [1.807, 2.05) is 39.8 Å². The van der Waals surface area contributed by atoms with Crippen molar-refractivity contribution in [3.05, 3.63) is 56.9 Å². The molecule has 3 aliphatic heterocycles. The first kappa shape index (κ1) is 29.3. The maximum atomic E-state index is 13.6. The maximum Gasteiger partial charge on any atom is 0.415 e. The second-order valence-electron chi connectivity index (χ2n) is 12.2. The third kappa shape index (κ3) is 4.89. The van der Waals surface area contributed by atoms with Crippen molar-refractivity contribution in [3.63, 3.8) is 0 Å². The Morgan fingerprint density at radius 3 is 2.56 bits per heavy atom. The van der Waals surface area contributed by atoms with Gasteiger partial charge in [-0.25, -0.2) is 14.6 Å². The van der Waals surface area contributed by atoms with Gasteiger partial charge in [0, 0.05) is 66.9 Å². The van der Waals surface area contributed by atoms with Crippen LogP contribution in [0, 0.1) is 0 Å². The van der Waals surface area contributed by atoms with E-state index < -0.39 is 17.7 Å². The number of esters is 1. The molecule has 43 heavy (non-hydrogen) atoms. The van der Waals surface area contributed by atoms with Gasteiger partial charge in [0.05, 0.1) is 29.0 Å². The van der Waals surface area contributed by atoms with Crippen LogP contribution in [-0.4, -0.2) is 74.8 Å². The standard InChI is InChI=1S/C32H39N5O6/c1-6-32(41)24-14-26-28-20(15-36(26)29(38)23(24)17-42-30(32)39)13-21-22(16-35-11-9-33-10-12-35)27(8-7-25(21)34-28)43-31(40)37(18(2)3)19(4)5/h7-8,13-14,18-19,33,41H,6,9-12,15-17H2,1-5H3/t32-/m0/s1. The van der Waals surface area contributed by atoms with Crippen LogP contribution in [0.4, 0.5) is 4.79 Å². The van der Waals surface area contributed by atoms with E-state index in [1.54, 1.807) is 28.5 Å². The van der Waals surface area contributed by atoms with E-state index >= 15 is 0 Å². The topological polar surface area (TPSA) is 126 Å². The SMILES string of the molecule is CC[C@@]1(O)C(=O)OCc2c1cc1n(c2=O)Cc2cc3c(CN4CCNCC4)c(OC(=O)N(C(C)C)C(C)C)ccc3nc2-1. The maximum absolute atomic E-state index is 13.6. The molecular weight excluding hydrogens is 550 g/mol. The van der Waals surface area contributed by atoms with Crippen LogP contribution in [-0.2, 0) is 34.8 Å². The van der Waals surface area contributed by atoms with Crippen molar-refractivity contribution in [1.29, 1.82) is 0 Å². The highest BCUT2D eigenvalue weighted by atomic mass is 16.6. The normalized spacial score (nSPS) is 19.8. The summed E-state index contributed by atoms with van der Waals surface area (Å²) in [4.78, 5) is 48.5. The summed E-state index contributed by atoms with van der Waals surface area (Å²) in [6, 6.07) is 7.35. The molecule has 3 aromatic rings. The van der Waals surface area contributed by atoms with Crippen LogP contribution in [0.25, 0.3) is 22.3 Å². The third-order valence-electron chi connectivity index (χ3n) is 8.87. The first-order valence-electron chi connectivity index (χ1n) is 15.1. The summed E-state index contributed by atoms with van der Waals surface area (Å²) in [5.41, 5.74) is 2.02. The minimum atomic E-state index is -1.88. The van der Waals surface area contributed by atoms with Crippen molar-refractivity contribution < 1.29 is 24.2 Å². The minimum Gasteiger partial charge on any atom is -0.458 e. The summed E-state index contributed by atoms with van der Waals surface area (Å²) < 4.78 is 12.9. The van der Waals surface area contributed by atoms with E-state index in [2.05, 4.69) is 10.2 Å². The molecule has 1 atom stereocenters. The lowest BCUT2D eigenvalue weighted by Crippen LogP contribution is -2.44. The number of nitrogens with one attached hydrogen (secondary N) is 1. The van der Waals surface area contributed by atoms with E-state index in [0.29, 0.717) is 46.9 Å². The second-order valence-corrected chi connectivity index (χ2v) is 12.2. The lowest BCUT2D eigenvalue weighted by Gasteiger charge is -2.31. The Bertz CT molecular complexity index is 1670. The van der Waals surface area contributed by atoms with Gasteiger partial charge in [0.2, 0.25) is 0 Å². The van der Waals surface area contributed by atoms with Gasteiger partial charge in [-0.05, 0) is 58.4 Å². The van der Waals surface area contributed by atoms with Gasteiger partial charge in [0.15, 0.2) is 5.60 Å². The van der Waals surface area contributed by atoms with Gasteiger partial charge in [-0.15, -0.1) is 0 Å². The number of carbonyl (C=O) groups is 2. The number of amides is 1. The molecule has 2 N–H and O–H groups in total. The molecule has 1 aromatic carbocycles. The second kappa shape index (κ2) is 11.0. The van der Waals surface area contributed by atoms with Crippen LogP contribution >= 0.6 is 0 Å².